The Morgan fingerprint density at radius 3 is 2.09 bits per heavy atom. The molecule has 0 amide bonds. The highest BCUT2D eigenvalue weighted by Crippen LogP contribution is 2.70. The quantitative estimate of drug-likeness (QED) is 0.830. The summed E-state index contributed by atoms with van der Waals surface area (Å²) in [4.78, 5) is 21.7. The van der Waals surface area contributed by atoms with Crippen molar-refractivity contribution < 1.29 is 9.90 Å². The molecule has 1 N–H and O–H groups in total. The van der Waals surface area contributed by atoms with Gasteiger partial charge in [0.05, 0.1) is 32.5 Å². The molecule has 0 spiro atoms. The molecule has 2 aliphatic rings. The van der Waals surface area contributed by atoms with Gasteiger partial charge < -0.3 is 5.11 Å². The molecule has 1 fully saturated rings. The van der Waals surface area contributed by atoms with Gasteiger partial charge in [0.15, 0.2) is 0 Å². The number of hydrogen-bond acceptors (Lipinski definition) is 3. The maximum atomic E-state index is 12.2. The van der Waals surface area contributed by atoms with Gasteiger partial charge in [-0.3, -0.25) is 4.79 Å². The largest absolute Gasteiger partial charge is 0.481 e. The Bertz CT molecular complexity index is 896. The molecule has 1 heterocycles. The third-order valence-electron chi connectivity index (χ3n) is 6.44. The topological polar surface area (TPSA) is 63.1 Å². The average Bonchev–Trinajstić information content (AvgIpc) is 2.75. The first-order valence-electron chi connectivity index (χ1n) is 7.56. The number of carboxylic acid groups (broad SMARTS) is 1. The monoisotopic (exact) mass is 350 g/mol. The maximum Gasteiger partial charge on any atom is 0.316 e. The number of rotatable bonds is 1. The summed E-state index contributed by atoms with van der Waals surface area (Å²) < 4.78 is 0. The molecule has 0 aliphatic heterocycles. The first-order valence-corrected chi connectivity index (χ1v) is 8.32. The first-order chi connectivity index (χ1) is 10.6. The molecule has 1 aromatic heterocycles. The number of aromatic nitrogens is 2. The van der Waals surface area contributed by atoms with Crippen molar-refractivity contribution in [2.75, 3.05) is 0 Å². The number of carbonyl (C=O) groups is 1. The minimum absolute atomic E-state index is 0.311. The summed E-state index contributed by atoms with van der Waals surface area (Å²) in [6.45, 7) is 6.13. The number of hydrogen-bond donors (Lipinski definition) is 1. The second kappa shape index (κ2) is 4.17. The van der Waals surface area contributed by atoms with Crippen LogP contribution in [0.3, 0.4) is 0 Å². The SMILES string of the molecule is CC1(C)[C@]2(C(=O)O)CC[C@]1(C)c1nc3cc(Cl)c(Cl)cc3nc12. The predicted octanol–water partition coefficient (Wildman–Crippen LogP) is 4.35. The second-order valence-corrected chi connectivity index (χ2v) is 8.16. The van der Waals surface area contributed by atoms with Crippen molar-refractivity contribution in [1.82, 2.24) is 9.97 Å². The minimum atomic E-state index is -0.996. The summed E-state index contributed by atoms with van der Waals surface area (Å²) in [6.07, 6.45) is 1.38. The molecular formula is C17H16Cl2N2O2. The summed E-state index contributed by atoms with van der Waals surface area (Å²) in [5.74, 6) is -0.821. The lowest BCUT2D eigenvalue weighted by atomic mass is 9.64. The molecule has 120 valence electrons. The van der Waals surface area contributed by atoms with Crippen molar-refractivity contribution >= 4 is 40.2 Å². The van der Waals surface area contributed by atoms with Crippen LogP contribution >= 0.6 is 23.2 Å². The van der Waals surface area contributed by atoms with Crippen LogP contribution in [-0.2, 0) is 15.6 Å². The van der Waals surface area contributed by atoms with E-state index in [2.05, 4.69) is 11.9 Å². The molecule has 2 atom stereocenters. The van der Waals surface area contributed by atoms with E-state index in [1.54, 1.807) is 12.1 Å². The van der Waals surface area contributed by atoms with Crippen LogP contribution in [0.1, 0.15) is 45.0 Å². The van der Waals surface area contributed by atoms with Crippen molar-refractivity contribution in [3.8, 4) is 0 Å². The van der Waals surface area contributed by atoms with Gasteiger partial charge in [-0.15, -0.1) is 0 Å². The zero-order chi connectivity index (χ0) is 16.8. The molecule has 0 saturated heterocycles. The van der Waals surface area contributed by atoms with E-state index in [9.17, 15) is 9.90 Å². The lowest BCUT2D eigenvalue weighted by Gasteiger charge is -2.37. The highest BCUT2D eigenvalue weighted by atomic mass is 35.5. The Hall–Kier alpha value is -1.39. The van der Waals surface area contributed by atoms with Crippen molar-refractivity contribution in [1.29, 1.82) is 0 Å². The van der Waals surface area contributed by atoms with Gasteiger partial charge in [0.1, 0.15) is 5.41 Å². The van der Waals surface area contributed by atoms with Gasteiger partial charge >= 0.3 is 5.97 Å². The van der Waals surface area contributed by atoms with Crippen LogP contribution in [0.5, 0.6) is 0 Å². The van der Waals surface area contributed by atoms with E-state index in [0.717, 1.165) is 12.1 Å². The summed E-state index contributed by atoms with van der Waals surface area (Å²) in [5.41, 5.74) is 0.864. The number of fused-ring (bicyclic) bond motifs is 6. The van der Waals surface area contributed by atoms with Gasteiger partial charge in [-0.2, -0.15) is 0 Å². The van der Waals surface area contributed by atoms with E-state index < -0.39 is 16.8 Å². The lowest BCUT2D eigenvalue weighted by molar-refractivity contribution is -0.148. The highest BCUT2D eigenvalue weighted by molar-refractivity contribution is 6.42. The Morgan fingerprint density at radius 1 is 1.04 bits per heavy atom. The zero-order valence-corrected chi connectivity index (χ0v) is 14.6. The van der Waals surface area contributed by atoms with Crippen LogP contribution in [0.4, 0.5) is 0 Å². The van der Waals surface area contributed by atoms with E-state index in [1.807, 2.05) is 13.8 Å². The minimum Gasteiger partial charge on any atom is -0.481 e. The highest BCUT2D eigenvalue weighted by Gasteiger charge is 2.73. The number of aliphatic carboxylic acids is 1. The molecule has 2 bridgehead atoms. The summed E-state index contributed by atoms with van der Waals surface area (Å²) in [7, 11) is 0. The van der Waals surface area contributed by atoms with Gasteiger partial charge in [0.25, 0.3) is 0 Å². The maximum absolute atomic E-state index is 12.2. The van der Waals surface area contributed by atoms with Crippen LogP contribution in [0.2, 0.25) is 10.0 Å². The normalized spacial score (nSPS) is 30.7. The summed E-state index contributed by atoms with van der Waals surface area (Å²) in [5, 5.41) is 10.9. The molecular weight excluding hydrogens is 335 g/mol. The molecule has 4 rings (SSSR count). The van der Waals surface area contributed by atoms with Gasteiger partial charge in [0.2, 0.25) is 0 Å². The number of halogens is 2. The second-order valence-electron chi connectivity index (χ2n) is 7.34. The fourth-order valence-electron chi connectivity index (χ4n) is 4.57. The fraction of sp³-hybridized carbons (Fsp3) is 0.471. The van der Waals surface area contributed by atoms with E-state index in [1.165, 1.54) is 0 Å². The Morgan fingerprint density at radius 2 is 1.57 bits per heavy atom. The third-order valence-corrected chi connectivity index (χ3v) is 7.17. The summed E-state index contributed by atoms with van der Waals surface area (Å²) in [6, 6.07) is 3.35. The molecule has 4 nitrogen and oxygen atoms in total. The fourth-order valence-corrected chi connectivity index (χ4v) is 4.89. The van der Waals surface area contributed by atoms with Crippen LogP contribution in [0, 0.1) is 5.41 Å². The van der Waals surface area contributed by atoms with E-state index >= 15 is 0 Å². The van der Waals surface area contributed by atoms with Gasteiger partial charge in [0, 0.05) is 5.41 Å². The first kappa shape index (κ1) is 15.2. The number of nitrogens with zero attached hydrogens (tertiary/aromatic N) is 2. The molecule has 2 aliphatic carbocycles. The lowest BCUT2D eigenvalue weighted by Crippen LogP contribution is -2.45. The van der Waals surface area contributed by atoms with E-state index in [4.69, 9.17) is 28.2 Å². The van der Waals surface area contributed by atoms with E-state index in [-0.39, 0.29) is 5.41 Å². The van der Waals surface area contributed by atoms with Crippen molar-refractivity contribution in [3.05, 3.63) is 33.6 Å². The standard InChI is InChI=1S/C17H16Cl2N2O2/c1-15(2)16(3)4-5-17(15,14(22)23)13-12(16)20-10-6-8(18)9(19)7-11(10)21-13/h6-7H,4-5H2,1-3H3,(H,22,23)/t16-,17-/m1/s1. The predicted molar refractivity (Wildman–Crippen MR) is 89.2 cm³/mol. The Kier molecular flexibility index (Phi) is 2.75. The van der Waals surface area contributed by atoms with Crippen LogP contribution < -0.4 is 0 Å². The molecule has 2 aromatic rings. The molecule has 1 aromatic carbocycles. The van der Waals surface area contributed by atoms with Gasteiger partial charge in [-0.05, 0) is 30.4 Å². The Balaban J connectivity index is 2.13. The Labute approximate surface area is 143 Å². The molecule has 1 saturated carbocycles. The molecule has 0 radical (unpaired) electrons. The average molecular weight is 351 g/mol. The van der Waals surface area contributed by atoms with Crippen LogP contribution in [0.25, 0.3) is 11.0 Å². The molecule has 0 unspecified atom stereocenters. The molecule has 23 heavy (non-hydrogen) atoms. The zero-order valence-electron chi connectivity index (χ0n) is 13.1. The number of carboxylic acids is 1. The van der Waals surface area contributed by atoms with E-state index in [0.29, 0.717) is 33.2 Å². The third kappa shape index (κ3) is 1.47. The van der Waals surface area contributed by atoms with Gasteiger partial charge in [-0.25, -0.2) is 9.97 Å². The van der Waals surface area contributed by atoms with Crippen molar-refractivity contribution in [2.45, 2.75) is 44.4 Å². The number of benzene rings is 1. The van der Waals surface area contributed by atoms with Crippen molar-refractivity contribution in [2.24, 2.45) is 5.41 Å². The molecule has 6 heteroatoms. The van der Waals surface area contributed by atoms with Crippen LogP contribution in [0.15, 0.2) is 12.1 Å². The smallest absolute Gasteiger partial charge is 0.316 e. The summed E-state index contributed by atoms with van der Waals surface area (Å²) >= 11 is 12.2. The van der Waals surface area contributed by atoms with Crippen LogP contribution in [-0.4, -0.2) is 21.0 Å². The van der Waals surface area contributed by atoms with Crippen molar-refractivity contribution in [3.63, 3.8) is 0 Å². The van der Waals surface area contributed by atoms with Gasteiger partial charge in [-0.1, -0.05) is 44.0 Å².